The zero-order valence-electron chi connectivity index (χ0n) is 40.0. The number of rotatable bonds is 8. The van der Waals surface area contributed by atoms with Crippen molar-refractivity contribution in [2.24, 2.45) is 0 Å². The molecule has 9 aromatic rings. The molecule has 0 saturated heterocycles. The number of furan rings is 1. The Kier molecular flexibility index (Phi) is 10.4. The van der Waals surface area contributed by atoms with E-state index in [4.69, 9.17) is 4.42 Å². The summed E-state index contributed by atoms with van der Waals surface area (Å²) in [6.07, 6.45) is 18.3. The van der Waals surface area contributed by atoms with Crippen LogP contribution in [0.15, 0.2) is 162 Å². The highest BCUT2D eigenvalue weighted by Gasteiger charge is 2.36. The van der Waals surface area contributed by atoms with Crippen molar-refractivity contribution in [2.45, 2.75) is 127 Å². The molecule has 1 aromatic heterocycles. The second-order valence-corrected chi connectivity index (χ2v) is 21.5. The number of benzene rings is 8. The number of hydrogen-bond donors (Lipinski definition) is 0. The van der Waals surface area contributed by atoms with E-state index in [0.29, 0.717) is 17.8 Å². The molecule has 4 aliphatic carbocycles. The Labute approximate surface area is 403 Å². The van der Waals surface area contributed by atoms with Gasteiger partial charge in [0.1, 0.15) is 11.2 Å². The Morgan fingerprint density at radius 1 is 0.412 bits per heavy atom. The fourth-order valence-corrected chi connectivity index (χ4v) is 13.6. The summed E-state index contributed by atoms with van der Waals surface area (Å²) < 4.78 is 7.25. The van der Waals surface area contributed by atoms with E-state index in [1.165, 1.54) is 184 Å². The standard InChI is InChI=1S/C66H63NO/c1-66(2)60-30-14-13-24-53(60)59-41-48(35-40-61(59)66)63-54-25-12-11-23-52(54)58(57-29-16-28-56-55-27-15-26-51(47-21-9-10-22-47)64(55)68-65(56)57)42-62(63)67(49-36-31-45(32-37-49)43-17-5-3-6-18-43)50-38-33-46(34-39-50)44-19-7-4-8-20-44/h11-16,23-44,47H,3-10,17-22H2,1-2H3. The number of hydrogen-bond acceptors (Lipinski definition) is 2. The Hall–Kier alpha value is -6.38. The highest BCUT2D eigenvalue weighted by Crippen LogP contribution is 2.54. The quantitative estimate of drug-likeness (QED) is 0.151. The van der Waals surface area contributed by atoms with Gasteiger partial charge >= 0.3 is 0 Å². The first kappa shape index (κ1) is 41.8. The Bertz CT molecular complexity index is 3270. The van der Waals surface area contributed by atoms with Crippen LogP contribution in [0.1, 0.15) is 149 Å². The normalized spacial score (nSPS) is 17.6. The lowest BCUT2D eigenvalue weighted by Gasteiger charge is -2.31. The van der Waals surface area contributed by atoms with Crippen LogP contribution in [-0.4, -0.2) is 0 Å². The van der Waals surface area contributed by atoms with E-state index in [2.05, 4.69) is 176 Å². The van der Waals surface area contributed by atoms with Gasteiger partial charge < -0.3 is 9.32 Å². The van der Waals surface area contributed by atoms with Crippen molar-refractivity contribution >= 4 is 49.8 Å². The predicted octanol–water partition coefficient (Wildman–Crippen LogP) is 19.6. The highest BCUT2D eigenvalue weighted by molar-refractivity contribution is 6.17. The van der Waals surface area contributed by atoms with Crippen LogP contribution < -0.4 is 4.90 Å². The van der Waals surface area contributed by atoms with Gasteiger partial charge in [-0.2, -0.15) is 0 Å². The van der Waals surface area contributed by atoms with Crippen LogP contribution in [0.5, 0.6) is 0 Å². The van der Waals surface area contributed by atoms with Crippen LogP contribution >= 0.6 is 0 Å². The third-order valence-electron chi connectivity index (χ3n) is 17.2. The fraction of sp³-hybridized carbons (Fsp3) is 0.303. The predicted molar refractivity (Wildman–Crippen MR) is 287 cm³/mol. The van der Waals surface area contributed by atoms with E-state index < -0.39 is 0 Å². The van der Waals surface area contributed by atoms with Crippen molar-refractivity contribution in [3.8, 4) is 33.4 Å². The average Bonchev–Trinajstić information content (AvgIpc) is 4.13. The van der Waals surface area contributed by atoms with E-state index >= 15 is 0 Å². The topological polar surface area (TPSA) is 16.4 Å². The molecule has 2 heteroatoms. The van der Waals surface area contributed by atoms with Crippen LogP contribution in [0.2, 0.25) is 0 Å². The molecule has 13 rings (SSSR count). The van der Waals surface area contributed by atoms with Gasteiger partial charge in [-0.05, 0) is 154 Å². The number of anilines is 3. The summed E-state index contributed by atoms with van der Waals surface area (Å²) in [6.45, 7) is 4.77. The SMILES string of the molecule is CC1(C)c2ccccc2-c2cc(-c3c(N(c4ccc(C5CCCCC5)cc4)c4ccc(C5CCCCC5)cc4)cc(-c4cccc5c4oc4c(C6CCCC6)cccc45)c4ccccc34)ccc21. The minimum absolute atomic E-state index is 0.0751. The number of fused-ring (bicyclic) bond motifs is 7. The molecule has 2 nitrogen and oxygen atoms in total. The smallest absolute Gasteiger partial charge is 0.143 e. The maximum atomic E-state index is 7.25. The molecular formula is C66H63NO. The lowest BCUT2D eigenvalue weighted by molar-refractivity contribution is 0.443. The largest absolute Gasteiger partial charge is 0.455 e. The molecule has 3 fully saturated rings. The first-order valence-electron chi connectivity index (χ1n) is 26.2. The molecule has 4 aliphatic rings. The summed E-state index contributed by atoms with van der Waals surface area (Å²) in [7, 11) is 0. The van der Waals surface area contributed by atoms with Crippen LogP contribution in [0.4, 0.5) is 17.1 Å². The van der Waals surface area contributed by atoms with Crippen LogP contribution in [0.3, 0.4) is 0 Å². The van der Waals surface area contributed by atoms with Crippen LogP contribution in [0, 0.1) is 0 Å². The number of nitrogens with zero attached hydrogens (tertiary/aromatic N) is 1. The molecule has 68 heavy (non-hydrogen) atoms. The van der Waals surface area contributed by atoms with Gasteiger partial charge in [-0.15, -0.1) is 0 Å². The summed E-state index contributed by atoms with van der Waals surface area (Å²) >= 11 is 0. The van der Waals surface area contributed by atoms with E-state index in [0.717, 1.165) is 16.7 Å². The minimum Gasteiger partial charge on any atom is -0.455 e. The van der Waals surface area contributed by atoms with E-state index in [1.54, 1.807) is 0 Å². The first-order chi connectivity index (χ1) is 33.5. The molecule has 1 heterocycles. The lowest BCUT2D eigenvalue weighted by atomic mass is 9.82. The lowest BCUT2D eigenvalue weighted by Crippen LogP contribution is -2.15. The van der Waals surface area contributed by atoms with E-state index in [9.17, 15) is 0 Å². The third kappa shape index (κ3) is 6.96. The molecule has 0 unspecified atom stereocenters. The van der Waals surface area contributed by atoms with Crippen LogP contribution in [0.25, 0.3) is 66.1 Å². The molecular weight excluding hydrogens is 823 g/mol. The molecule has 0 N–H and O–H groups in total. The van der Waals surface area contributed by atoms with Crippen molar-refractivity contribution in [1.82, 2.24) is 0 Å². The van der Waals surface area contributed by atoms with Crippen molar-refractivity contribution in [2.75, 3.05) is 4.90 Å². The van der Waals surface area contributed by atoms with Gasteiger partial charge in [0.15, 0.2) is 0 Å². The second-order valence-electron chi connectivity index (χ2n) is 21.5. The molecule has 0 amide bonds. The summed E-state index contributed by atoms with van der Waals surface area (Å²) in [5.74, 6) is 1.84. The molecule has 0 aliphatic heterocycles. The molecule has 0 spiro atoms. The van der Waals surface area contributed by atoms with Gasteiger partial charge in [-0.1, -0.05) is 187 Å². The maximum absolute atomic E-state index is 7.25. The van der Waals surface area contributed by atoms with Crippen LogP contribution in [-0.2, 0) is 5.41 Å². The fourth-order valence-electron chi connectivity index (χ4n) is 13.6. The van der Waals surface area contributed by atoms with Crippen molar-refractivity contribution in [3.05, 3.63) is 186 Å². The Morgan fingerprint density at radius 2 is 0.941 bits per heavy atom. The maximum Gasteiger partial charge on any atom is 0.143 e. The van der Waals surface area contributed by atoms with E-state index in [1.807, 2.05) is 0 Å². The minimum atomic E-state index is -0.0751. The molecule has 8 aromatic carbocycles. The molecule has 0 bridgehead atoms. The van der Waals surface area contributed by atoms with Gasteiger partial charge in [0.25, 0.3) is 0 Å². The van der Waals surface area contributed by atoms with Crippen molar-refractivity contribution in [1.29, 1.82) is 0 Å². The van der Waals surface area contributed by atoms with Gasteiger partial charge in [-0.3, -0.25) is 0 Å². The average molecular weight is 886 g/mol. The zero-order chi connectivity index (χ0) is 45.3. The Morgan fingerprint density at radius 3 is 1.62 bits per heavy atom. The molecule has 0 radical (unpaired) electrons. The number of para-hydroxylation sites is 2. The zero-order valence-corrected chi connectivity index (χ0v) is 40.0. The van der Waals surface area contributed by atoms with Gasteiger partial charge in [-0.25, -0.2) is 0 Å². The first-order valence-corrected chi connectivity index (χ1v) is 26.2. The van der Waals surface area contributed by atoms with Gasteiger partial charge in [0.2, 0.25) is 0 Å². The summed E-state index contributed by atoms with van der Waals surface area (Å²) in [6, 6.07) is 61.3. The highest BCUT2D eigenvalue weighted by atomic mass is 16.3. The van der Waals surface area contributed by atoms with Gasteiger partial charge in [0, 0.05) is 38.7 Å². The summed E-state index contributed by atoms with van der Waals surface area (Å²) in [5, 5.41) is 4.90. The van der Waals surface area contributed by atoms with Crippen molar-refractivity contribution < 1.29 is 4.42 Å². The summed E-state index contributed by atoms with van der Waals surface area (Å²) in [4.78, 5) is 2.59. The van der Waals surface area contributed by atoms with E-state index in [-0.39, 0.29) is 5.41 Å². The van der Waals surface area contributed by atoms with Gasteiger partial charge in [0.05, 0.1) is 5.69 Å². The molecule has 3 saturated carbocycles. The molecule has 338 valence electrons. The second kappa shape index (κ2) is 17.0. The van der Waals surface area contributed by atoms with Crippen molar-refractivity contribution in [3.63, 3.8) is 0 Å². The summed E-state index contributed by atoms with van der Waals surface area (Å²) in [5.41, 5.74) is 20.2. The molecule has 0 atom stereocenters. The monoisotopic (exact) mass is 885 g/mol. The third-order valence-corrected chi connectivity index (χ3v) is 17.2. The Balaban J connectivity index is 1.08.